The molecule has 0 bridgehead atoms. The van der Waals surface area contributed by atoms with Crippen molar-refractivity contribution in [3.05, 3.63) is 41.6 Å². The number of nitrogens with zero attached hydrogens (tertiary/aromatic N) is 3. The molecular formula is C12H16N4. The lowest BCUT2D eigenvalue weighted by Crippen LogP contribution is -2.04. The van der Waals surface area contributed by atoms with Crippen molar-refractivity contribution in [1.82, 2.24) is 14.5 Å². The normalized spacial score (nSPS) is 10.6. The Morgan fingerprint density at radius 2 is 2.19 bits per heavy atom. The van der Waals surface area contributed by atoms with Gasteiger partial charge in [-0.3, -0.25) is 0 Å². The summed E-state index contributed by atoms with van der Waals surface area (Å²) in [7, 11) is 0. The molecule has 2 rings (SSSR count). The van der Waals surface area contributed by atoms with E-state index in [1.807, 2.05) is 31.6 Å². The van der Waals surface area contributed by atoms with Crippen LogP contribution in [0.3, 0.4) is 0 Å². The third-order valence-corrected chi connectivity index (χ3v) is 2.73. The summed E-state index contributed by atoms with van der Waals surface area (Å²) >= 11 is 0. The predicted molar refractivity (Wildman–Crippen MR) is 64.1 cm³/mol. The van der Waals surface area contributed by atoms with Gasteiger partial charge in [-0.1, -0.05) is 0 Å². The highest BCUT2D eigenvalue weighted by atomic mass is 15.0. The van der Waals surface area contributed by atoms with Gasteiger partial charge in [0.2, 0.25) is 0 Å². The first-order valence-corrected chi connectivity index (χ1v) is 5.41. The first-order chi connectivity index (χ1) is 7.70. The number of nitrogen functional groups attached to an aromatic ring is 1. The van der Waals surface area contributed by atoms with Crippen molar-refractivity contribution in [2.24, 2.45) is 0 Å². The van der Waals surface area contributed by atoms with Crippen molar-refractivity contribution in [3.8, 4) is 0 Å². The maximum absolute atomic E-state index is 5.63. The summed E-state index contributed by atoms with van der Waals surface area (Å²) in [6.45, 7) is 5.10. The molecule has 4 heteroatoms. The number of aromatic nitrogens is 3. The maximum Gasteiger partial charge on any atom is 0.123 e. The maximum atomic E-state index is 5.63. The largest absolute Gasteiger partial charge is 0.384 e. The second-order valence-corrected chi connectivity index (χ2v) is 3.84. The Hall–Kier alpha value is -1.84. The van der Waals surface area contributed by atoms with Crippen LogP contribution in [0.15, 0.2) is 24.7 Å². The number of nitrogens with two attached hydrogens (primary N) is 1. The molecule has 84 valence electrons. The molecule has 2 aromatic rings. The van der Waals surface area contributed by atoms with Crippen molar-refractivity contribution < 1.29 is 0 Å². The summed E-state index contributed by atoms with van der Waals surface area (Å²) < 4.78 is 2.13. The van der Waals surface area contributed by atoms with Gasteiger partial charge in [0.1, 0.15) is 11.6 Å². The number of aryl methyl sites for hydroxylation is 2. The van der Waals surface area contributed by atoms with E-state index < -0.39 is 0 Å². The van der Waals surface area contributed by atoms with Crippen molar-refractivity contribution in [1.29, 1.82) is 0 Å². The molecule has 16 heavy (non-hydrogen) atoms. The van der Waals surface area contributed by atoms with E-state index >= 15 is 0 Å². The molecule has 0 saturated heterocycles. The van der Waals surface area contributed by atoms with Gasteiger partial charge >= 0.3 is 0 Å². The van der Waals surface area contributed by atoms with Gasteiger partial charge in [0.05, 0.1) is 0 Å². The van der Waals surface area contributed by atoms with Crippen LogP contribution < -0.4 is 5.73 Å². The van der Waals surface area contributed by atoms with Crippen LogP contribution in [0.1, 0.15) is 23.9 Å². The quantitative estimate of drug-likeness (QED) is 0.850. The summed E-state index contributed by atoms with van der Waals surface area (Å²) in [5, 5.41) is 0. The van der Waals surface area contributed by atoms with Crippen LogP contribution >= 0.6 is 0 Å². The van der Waals surface area contributed by atoms with Crippen LogP contribution in [0.25, 0.3) is 0 Å². The van der Waals surface area contributed by atoms with Gasteiger partial charge in [-0.05, 0) is 31.0 Å². The Kier molecular flexibility index (Phi) is 2.90. The van der Waals surface area contributed by atoms with Crippen LogP contribution in [0.4, 0.5) is 5.82 Å². The van der Waals surface area contributed by atoms with Crippen LogP contribution in [-0.4, -0.2) is 14.5 Å². The summed E-state index contributed by atoms with van der Waals surface area (Å²) in [6, 6.07) is 1.90. The van der Waals surface area contributed by atoms with Crippen LogP contribution in [0.5, 0.6) is 0 Å². The van der Waals surface area contributed by atoms with Gasteiger partial charge in [0.25, 0.3) is 0 Å². The lowest BCUT2D eigenvalue weighted by Gasteiger charge is -2.07. The molecule has 0 saturated carbocycles. The van der Waals surface area contributed by atoms with Gasteiger partial charge < -0.3 is 10.3 Å². The van der Waals surface area contributed by atoms with Gasteiger partial charge in [-0.2, -0.15) is 0 Å². The Bertz CT molecular complexity index is 488. The molecule has 0 radical (unpaired) electrons. The van der Waals surface area contributed by atoms with Crippen LogP contribution in [0, 0.1) is 6.92 Å². The topological polar surface area (TPSA) is 56.7 Å². The molecule has 2 aromatic heterocycles. The zero-order valence-electron chi connectivity index (χ0n) is 9.64. The van der Waals surface area contributed by atoms with E-state index in [4.69, 9.17) is 5.73 Å². The zero-order chi connectivity index (χ0) is 11.5. The average Bonchev–Trinajstić information content (AvgIpc) is 2.69. The molecule has 0 atom stereocenters. The molecule has 0 spiro atoms. The molecule has 0 unspecified atom stereocenters. The molecular weight excluding hydrogens is 200 g/mol. The fourth-order valence-electron chi connectivity index (χ4n) is 1.76. The van der Waals surface area contributed by atoms with Gasteiger partial charge in [-0.25, -0.2) is 9.97 Å². The van der Waals surface area contributed by atoms with Gasteiger partial charge in [-0.15, -0.1) is 0 Å². The second-order valence-electron chi connectivity index (χ2n) is 3.84. The van der Waals surface area contributed by atoms with E-state index in [0.717, 1.165) is 24.4 Å². The fourth-order valence-corrected chi connectivity index (χ4v) is 1.76. The first-order valence-electron chi connectivity index (χ1n) is 5.41. The van der Waals surface area contributed by atoms with Gasteiger partial charge in [0.15, 0.2) is 0 Å². The minimum absolute atomic E-state index is 0.570. The Morgan fingerprint density at radius 1 is 1.38 bits per heavy atom. The molecule has 0 aliphatic heterocycles. The van der Waals surface area contributed by atoms with Crippen molar-refractivity contribution >= 4 is 5.82 Å². The van der Waals surface area contributed by atoms with E-state index in [-0.39, 0.29) is 0 Å². The monoisotopic (exact) mass is 216 g/mol. The summed E-state index contributed by atoms with van der Waals surface area (Å²) in [6.07, 6.45) is 6.47. The minimum atomic E-state index is 0.570. The SMILES string of the molecule is CCn1ccnc1Cc1cnc(N)cc1C. The van der Waals surface area contributed by atoms with Crippen molar-refractivity contribution in [3.63, 3.8) is 0 Å². The molecule has 0 aliphatic carbocycles. The van der Waals surface area contributed by atoms with E-state index in [2.05, 4.69) is 21.5 Å². The lowest BCUT2D eigenvalue weighted by molar-refractivity contribution is 0.711. The number of pyridine rings is 1. The van der Waals surface area contributed by atoms with Crippen molar-refractivity contribution in [2.45, 2.75) is 26.8 Å². The average molecular weight is 216 g/mol. The zero-order valence-corrected chi connectivity index (χ0v) is 9.64. The fraction of sp³-hybridized carbons (Fsp3) is 0.333. The Balaban J connectivity index is 2.27. The molecule has 2 heterocycles. The first kappa shape index (κ1) is 10.7. The van der Waals surface area contributed by atoms with E-state index in [9.17, 15) is 0 Å². The number of rotatable bonds is 3. The van der Waals surface area contributed by atoms with Crippen LogP contribution in [-0.2, 0) is 13.0 Å². The number of hydrogen-bond acceptors (Lipinski definition) is 3. The number of imidazole rings is 1. The molecule has 0 amide bonds. The molecule has 0 aliphatic rings. The standard InChI is InChI=1S/C12H16N4/c1-3-16-5-4-14-12(16)7-10-8-15-11(13)6-9(10)2/h4-6,8H,3,7H2,1-2H3,(H2,13,15). The second kappa shape index (κ2) is 4.35. The number of anilines is 1. The Morgan fingerprint density at radius 3 is 2.88 bits per heavy atom. The highest BCUT2D eigenvalue weighted by molar-refractivity contribution is 5.37. The minimum Gasteiger partial charge on any atom is -0.384 e. The smallest absolute Gasteiger partial charge is 0.123 e. The van der Waals surface area contributed by atoms with Crippen LogP contribution in [0.2, 0.25) is 0 Å². The Labute approximate surface area is 95.1 Å². The molecule has 0 fully saturated rings. The molecule has 4 nitrogen and oxygen atoms in total. The third-order valence-electron chi connectivity index (χ3n) is 2.73. The highest BCUT2D eigenvalue weighted by Crippen LogP contribution is 2.13. The molecule has 0 aromatic carbocycles. The summed E-state index contributed by atoms with van der Waals surface area (Å²) in [5.41, 5.74) is 7.97. The summed E-state index contributed by atoms with van der Waals surface area (Å²) in [5.74, 6) is 1.64. The summed E-state index contributed by atoms with van der Waals surface area (Å²) in [4.78, 5) is 8.47. The third kappa shape index (κ3) is 2.05. The number of hydrogen-bond donors (Lipinski definition) is 1. The van der Waals surface area contributed by atoms with E-state index in [0.29, 0.717) is 5.82 Å². The van der Waals surface area contributed by atoms with E-state index in [1.54, 1.807) is 0 Å². The van der Waals surface area contributed by atoms with Crippen molar-refractivity contribution in [2.75, 3.05) is 5.73 Å². The molecule has 2 N–H and O–H groups in total. The predicted octanol–water partition coefficient (Wildman–Crippen LogP) is 1.78. The lowest BCUT2D eigenvalue weighted by atomic mass is 10.1. The van der Waals surface area contributed by atoms with E-state index in [1.165, 1.54) is 5.56 Å². The highest BCUT2D eigenvalue weighted by Gasteiger charge is 2.05. The van der Waals surface area contributed by atoms with Gasteiger partial charge in [0, 0.05) is 31.6 Å².